The van der Waals surface area contributed by atoms with Gasteiger partial charge >= 0.3 is 6.03 Å². The summed E-state index contributed by atoms with van der Waals surface area (Å²) in [5, 5.41) is 2.60. The number of hydrogen-bond acceptors (Lipinski definition) is 3. The van der Waals surface area contributed by atoms with Crippen LogP contribution in [0.5, 0.6) is 5.75 Å². The number of nitrogens with one attached hydrogen (secondary N) is 1. The highest BCUT2D eigenvalue weighted by Gasteiger charge is 2.32. The molecular formula is C20H15BrI2N2O3. The Morgan fingerprint density at radius 2 is 1.79 bits per heavy atom. The molecule has 0 bridgehead atoms. The Hall–Kier alpha value is -1.40. The van der Waals surface area contributed by atoms with Gasteiger partial charge in [-0.3, -0.25) is 9.69 Å². The third-order valence-electron chi connectivity index (χ3n) is 3.90. The van der Waals surface area contributed by atoms with Crippen LogP contribution in [0.15, 0.2) is 59.2 Å². The van der Waals surface area contributed by atoms with Crippen molar-refractivity contribution in [3.8, 4) is 5.75 Å². The van der Waals surface area contributed by atoms with Crippen molar-refractivity contribution in [1.82, 2.24) is 10.2 Å². The molecule has 0 aromatic heterocycles. The van der Waals surface area contributed by atoms with Gasteiger partial charge in [0, 0.05) is 11.0 Å². The van der Waals surface area contributed by atoms with Gasteiger partial charge in [-0.2, -0.15) is 0 Å². The molecule has 5 nitrogen and oxygen atoms in total. The first-order valence-corrected chi connectivity index (χ1v) is 11.2. The molecule has 1 aliphatic heterocycles. The maximum absolute atomic E-state index is 12.3. The van der Waals surface area contributed by atoms with Crippen LogP contribution in [0.4, 0.5) is 4.79 Å². The van der Waals surface area contributed by atoms with Gasteiger partial charge in [0.15, 0.2) is 0 Å². The third-order valence-corrected chi connectivity index (χ3v) is 6.03. The number of imide groups is 1. The van der Waals surface area contributed by atoms with Crippen molar-refractivity contribution < 1.29 is 14.3 Å². The van der Waals surface area contributed by atoms with Gasteiger partial charge in [-0.15, -0.1) is 6.58 Å². The van der Waals surface area contributed by atoms with Crippen LogP contribution in [0.1, 0.15) is 11.1 Å². The Morgan fingerprint density at radius 1 is 1.14 bits per heavy atom. The number of rotatable bonds is 6. The van der Waals surface area contributed by atoms with Gasteiger partial charge in [-0.25, -0.2) is 4.79 Å². The number of benzene rings is 2. The minimum Gasteiger partial charge on any atom is -0.487 e. The van der Waals surface area contributed by atoms with Gasteiger partial charge in [0.1, 0.15) is 18.1 Å². The van der Waals surface area contributed by atoms with Gasteiger partial charge < -0.3 is 10.1 Å². The third kappa shape index (κ3) is 4.95. The summed E-state index contributed by atoms with van der Waals surface area (Å²) in [6, 6.07) is 11.4. The van der Waals surface area contributed by atoms with Gasteiger partial charge in [0.05, 0.1) is 7.14 Å². The number of nitrogens with zero attached hydrogens (tertiary/aromatic N) is 1. The molecule has 2 aromatic carbocycles. The Bertz CT molecular complexity index is 951. The van der Waals surface area contributed by atoms with E-state index in [2.05, 4.69) is 73.0 Å². The summed E-state index contributed by atoms with van der Waals surface area (Å²) in [7, 11) is 0. The van der Waals surface area contributed by atoms with Crippen LogP contribution in [-0.2, 0) is 11.4 Å². The molecule has 0 unspecified atom stereocenters. The van der Waals surface area contributed by atoms with E-state index >= 15 is 0 Å². The van der Waals surface area contributed by atoms with Crippen LogP contribution in [0, 0.1) is 7.14 Å². The minimum atomic E-state index is -0.435. The molecule has 0 saturated carbocycles. The minimum absolute atomic E-state index is 0.180. The lowest BCUT2D eigenvalue weighted by atomic mass is 10.2. The molecule has 0 radical (unpaired) electrons. The molecule has 144 valence electrons. The van der Waals surface area contributed by atoms with E-state index in [1.165, 1.54) is 6.08 Å². The normalized spacial score (nSPS) is 15.1. The van der Waals surface area contributed by atoms with Crippen LogP contribution in [0.3, 0.4) is 0 Å². The number of carbonyl (C=O) groups excluding carboxylic acids is 2. The monoisotopic (exact) mass is 664 g/mol. The standard InChI is InChI=1S/C20H15BrI2N2O3/c1-2-7-25-19(26)17(24-20(25)27)10-13-8-15(22)18(16(23)9-13)28-11-12-3-5-14(21)6-4-12/h2-6,8-10H,1,7,11H2,(H,24,27)/b17-10+. The lowest BCUT2D eigenvalue weighted by Crippen LogP contribution is -2.30. The molecule has 0 spiro atoms. The molecule has 1 heterocycles. The van der Waals surface area contributed by atoms with E-state index < -0.39 is 6.03 Å². The second kappa shape index (κ2) is 9.40. The van der Waals surface area contributed by atoms with Gasteiger partial charge in [0.2, 0.25) is 0 Å². The van der Waals surface area contributed by atoms with Crippen molar-refractivity contribution in [1.29, 1.82) is 0 Å². The Morgan fingerprint density at radius 3 is 2.39 bits per heavy atom. The van der Waals surface area contributed by atoms with Gasteiger partial charge in [-0.05, 0) is 86.7 Å². The average Bonchev–Trinajstić information content (AvgIpc) is 2.90. The van der Waals surface area contributed by atoms with Crippen molar-refractivity contribution in [2.45, 2.75) is 6.61 Å². The van der Waals surface area contributed by atoms with E-state index in [1.54, 1.807) is 6.08 Å². The van der Waals surface area contributed by atoms with E-state index in [0.29, 0.717) is 6.61 Å². The number of carbonyl (C=O) groups is 2. The molecule has 28 heavy (non-hydrogen) atoms. The SMILES string of the molecule is C=CCN1C(=O)N/C(=C/c2cc(I)c(OCc3ccc(Br)cc3)c(I)c2)C1=O. The summed E-state index contributed by atoms with van der Waals surface area (Å²) in [6.07, 6.45) is 3.19. The lowest BCUT2D eigenvalue weighted by molar-refractivity contribution is -0.122. The van der Waals surface area contributed by atoms with Crippen molar-refractivity contribution in [3.05, 3.63) is 77.5 Å². The predicted octanol–water partition coefficient (Wildman–Crippen LogP) is 5.32. The summed E-state index contributed by atoms with van der Waals surface area (Å²) in [4.78, 5) is 25.3. The van der Waals surface area contributed by atoms with E-state index in [-0.39, 0.29) is 18.1 Å². The fourth-order valence-corrected chi connectivity index (χ4v) is 4.96. The summed E-state index contributed by atoms with van der Waals surface area (Å²) in [6.45, 7) is 4.21. The molecule has 3 amide bonds. The zero-order valence-electron chi connectivity index (χ0n) is 14.5. The zero-order chi connectivity index (χ0) is 20.3. The van der Waals surface area contributed by atoms with E-state index in [4.69, 9.17) is 4.74 Å². The maximum Gasteiger partial charge on any atom is 0.329 e. The molecule has 0 atom stereocenters. The largest absolute Gasteiger partial charge is 0.487 e. The molecule has 1 aliphatic rings. The van der Waals surface area contributed by atoms with Crippen molar-refractivity contribution in [2.75, 3.05) is 6.54 Å². The number of ether oxygens (including phenoxy) is 1. The first-order chi connectivity index (χ1) is 13.4. The topological polar surface area (TPSA) is 58.6 Å². The molecule has 1 N–H and O–H groups in total. The summed E-state index contributed by atoms with van der Waals surface area (Å²) in [5.74, 6) is 0.437. The quantitative estimate of drug-likeness (QED) is 0.197. The second-order valence-corrected chi connectivity index (χ2v) is 9.16. The highest BCUT2D eigenvalue weighted by atomic mass is 127. The Kier molecular flexibility index (Phi) is 7.15. The summed E-state index contributed by atoms with van der Waals surface area (Å²) < 4.78 is 8.87. The van der Waals surface area contributed by atoms with Crippen LogP contribution in [0.25, 0.3) is 6.08 Å². The maximum atomic E-state index is 12.3. The zero-order valence-corrected chi connectivity index (χ0v) is 20.4. The van der Waals surface area contributed by atoms with Crippen LogP contribution in [-0.4, -0.2) is 23.4 Å². The molecule has 8 heteroatoms. The number of halogens is 3. The fourth-order valence-electron chi connectivity index (χ4n) is 2.57. The van der Waals surface area contributed by atoms with Crippen molar-refractivity contribution in [3.63, 3.8) is 0 Å². The predicted molar refractivity (Wildman–Crippen MR) is 129 cm³/mol. The average molecular weight is 665 g/mol. The molecule has 2 aromatic rings. The fraction of sp³-hybridized carbons (Fsp3) is 0.100. The Balaban J connectivity index is 1.78. The van der Waals surface area contributed by atoms with Crippen LogP contribution >= 0.6 is 61.1 Å². The lowest BCUT2D eigenvalue weighted by Gasteiger charge is -2.12. The Labute approximate surface area is 198 Å². The van der Waals surface area contributed by atoms with Crippen molar-refractivity contribution in [2.24, 2.45) is 0 Å². The summed E-state index contributed by atoms with van der Waals surface area (Å²) >= 11 is 7.84. The number of hydrogen-bond donors (Lipinski definition) is 1. The molecule has 0 aliphatic carbocycles. The molecular weight excluding hydrogens is 650 g/mol. The number of urea groups is 1. The second-order valence-electron chi connectivity index (χ2n) is 5.92. The highest BCUT2D eigenvalue weighted by Crippen LogP contribution is 2.31. The molecule has 1 saturated heterocycles. The van der Waals surface area contributed by atoms with Gasteiger partial charge in [0.25, 0.3) is 5.91 Å². The first kappa shape index (κ1) is 21.3. The van der Waals surface area contributed by atoms with Crippen molar-refractivity contribution >= 4 is 79.1 Å². The first-order valence-electron chi connectivity index (χ1n) is 8.20. The molecule has 3 rings (SSSR count). The molecule has 1 fully saturated rings. The van der Waals surface area contributed by atoms with Gasteiger partial charge in [-0.1, -0.05) is 34.1 Å². The van der Waals surface area contributed by atoms with Crippen LogP contribution < -0.4 is 10.1 Å². The smallest absolute Gasteiger partial charge is 0.329 e. The summed E-state index contributed by atoms with van der Waals surface area (Å²) in [5.41, 5.74) is 2.14. The van der Waals surface area contributed by atoms with E-state index in [9.17, 15) is 9.59 Å². The van der Waals surface area contributed by atoms with E-state index in [0.717, 1.165) is 33.4 Å². The number of amides is 3. The van der Waals surface area contributed by atoms with E-state index in [1.807, 2.05) is 36.4 Å². The van der Waals surface area contributed by atoms with Crippen LogP contribution in [0.2, 0.25) is 0 Å². The highest BCUT2D eigenvalue weighted by molar-refractivity contribution is 14.1.